The first kappa shape index (κ1) is 14.3. The zero-order valence-electron chi connectivity index (χ0n) is 12.0. The average molecular weight is 268 g/mol. The Morgan fingerprint density at radius 3 is 2.53 bits per heavy atom. The lowest BCUT2D eigenvalue weighted by atomic mass is 9.84. The number of nitrogens with two attached hydrogens (primary N) is 1. The second kappa shape index (κ2) is 5.49. The van der Waals surface area contributed by atoms with Crippen LogP contribution in [0.1, 0.15) is 26.2 Å². The number of carbonyl (C=O) groups is 2. The standard InChI is InChI=1S/C14H24N2O3/c1-8(14(18)19-3)7-16(2)13(17)11-9-4-5-10(6-9)12(11)15/h8-12H,4-7,15H2,1-3H3. The van der Waals surface area contributed by atoms with E-state index in [0.717, 1.165) is 19.3 Å². The van der Waals surface area contributed by atoms with Crippen LogP contribution in [0, 0.1) is 23.7 Å². The Balaban J connectivity index is 1.94. The lowest BCUT2D eigenvalue weighted by Gasteiger charge is -2.31. The summed E-state index contributed by atoms with van der Waals surface area (Å²) >= 11 is 0. The molecule has 2 aliphatic carbocycles. The fourth-order valence-electron chi connectivity index (χ4n) is 3.73. The Kier molecular flexibility index (Phi) is 4.13. The predicted molar refractivity (Wildman–Crippen MR) is 71.1 cm³/mol. The van der Waals surface area contributed by atoms with Crippen molar-refractivity contribution < 1.29 is 14.3 Å². The second-order valence-corrected chi connectivity index (χ2v) is 6.08. The van der Waals surface area contributed by atoms with Crippen molar-refractivity contribution in [2.75, 3.05) is 20.7 Å². The summed E-state index contributed by atoms with van der Waals surface area (Å²) in [5.41, 5.74) is 6.18. The molecule has 2 bridgehead atoms. The molecule has 2 saturated carbocycles. The Hall–Kier alpha value is -1.10. The van der Waals surface area contributed by atoms with Crippen LogP contribution in [0.25, 0.3) is 0 Å². The number of esters is 1. The molecule has 2 fully saturated rings. The van der Waals surface area contributed by atoms with Gasteiger partial charge in [-0.25, -0.2) is 0 Å². The van der Waals surface area contributed by atoms with Gasteiger partial charge in [0.15, 0.2) is 0 Å². The third-order valence-electron chi connectivity index (χ3n) is 4.79. The number of rotatable bonds is 4. The largest absolute Gasteiger partial charge is 0.469 e. The number of hydrogen-bond acceptors (Lipinski definition) is 4. The van der Waals surface area contributed by atoms with Gasteiger partial charge < -0.3 is 15.4 Å². The molecule has 108 valence electrons. The predicted octanol–water partition coefficient (Wildman–Crippen LogP) is 0.627. The molecule has 0 saturated heterocycles. The van der Waals surface area contributed by atoms with Crippen molar-refractivity contribution in [1.29, 1.82) is 0 Å². The van der Waals surface area contributed by atoms with E-state index in [0.29, 0.717) is 18.4 Å². The lowest BCUT2D eigenvalue weighted by Crippen LogP contribution is -2.47. The molecule has 0 radical (unpaired) electrons. The van der Waals surface area contributed by atoms with Crippen LogP contribution in [0.2, 0.25) is 0 Å². The molecule has 0 spiro atoms. The summed E-state index contributed by atoms with van der Waals surface area (Å²) in [5.74, 6) is 0.434. The highest BCUT2D eigenvalue weighted by Crippen LogP contribution is 2.48. The van der Waals surface area contributed by atoms with Crippen LogP contribution in [0.15, 0.2) is 0 Å². The van der Waals surface area contributed by atoms with E-state index in [1.165, 1.54) is 7.11 Å². The molecule has 19 heavy (non-hydrogen) atoms. The summed E-state index contributed by atoms with van der Waals surface area (Å²) < 4.78 is 4.69. The Morgan fingerprint density at radius 1 is 1.37 bits per heavy atom. The van der Waals surface area contributed by atoms with E-state index in [9.17, 15) is 9.59 Å². The van der Waals surface area contributed by atoms with Gasteiger partial charge in [0.1, 0.15) is 0 Å². The van der Waals surface area contributed by atoms with Gasteiger partial charge in [0, 0.05) is 19.6 Å². The number of methoxy groups -OCH3 is 1. The topological polar surface area (TPSA) is 72.6 Å². The van der Waals surface area contributed by atoms with Gasteiger partial charge in [0.25, 0.3) is 0 Å². The van der Waals surface area contributed by atoms with E-state index >= 15 is 0 Å². The van der Waals surface area contributed by atoms with Crippen LogP contribution in [0.3, 0.4) is 0 Å². The molecule has 0 aliphatic heterocycles. The summed E-state index contributed by atoms with van der Waals surface area (Å²) in [7, 11) is 3.12. The van der Waals surface area contributed by atoms with E-state index in [-0.39, 0.29) is 29.8 Å². The maximum absolute atomic E-state index is 12.5. The normalized spacial score (nSPS) is 34.1. The summed E-state index contributed by atoms with van der Waals surface area (Å²) in [4.78, 5) is 25.5. The summed E-state index contributed by atoms with van der Waals surface area (Å²) in [5, 5.41) is 0. The highest BCUT2D eigenvalue weighted by Gasteiger charge is 2.49. The molecule has 2 aliphatic rings. The number of nitrogens with zero attached hydrogens (tertiary/aromatic N) is 1. The second-order valence-electron chi connectivity index (χ2n) is 6.08. The van der Waals surface area contributed by atoms with Gasteiger partial charge in [0.2, 0.25) is 5.91 Å². The molecule has 2 N–H and O–H groups in total. The van der Waals surface area contributed by atoms with Gasteiger partial charge in [0.05, 0.1) is 18.9 Å². The zero-order chi connectivity index (χ0) is 14.2. The fraction of sp³-hybridized carbons (Fsp3) is 0.857. The molecular weight excluding hydrogens is 244 g/mol. The van der Waals surface area contributed by atoms with Gasteiger partial charge in [-0.3, -0.25) is 9.59 Å². The van der Waals surface area contributed by atoms with Gasteiger partial charge in [-0.2, -0.15) is 0 Å². The minimum atomic E-state index is -0.297. The molecule has 5 heteroatoms. The highest BCUT2D eigenvalue weighted by atomic mass is 16.5. The average Bonchev–Trinajstić information content (AvgIpc) is 2.97. The molecule has 1 amide bonds. The molecular formula is C14H24N2O3. The summed E-state index contributed by atoms with van der Waals surface area (Å²) in [6, 6.07) is 0.00197. The molecule has 5 unspecified atom stereocenters. The van der Waals surface area contributed by atoms with Crippen molar-refractivity contribution in [2.24, 2.45) is 29.4 Å². The Labute approximate surface area is 114 Å². The third-order valence-corrected chi connectivity index (χ3v) is 4.79. The van der Waals surface area contributed by atoms with E-state index < -0.39 is 0 Å². The van der Waals surface area contributed by atoms with Crippen molar-refractivity contribution in [2.45, 2.75) is 32.2 Å². The zero-order valence-corrected chi connectivity index (χ0v) is 12.0. The van der Waals surface area contributed by atoms with E-state index in [1.54, 1.807) is 18.9 Å². The maximum atomic E-state index is 12.5. The molecule has 5 atom stereocenters. The first-order valence-electron chi connectivity index (χ1n) is 7.04. The van der Waals surface area contributed by atoms with E-state index in [2.05, 4.69) is 4.74 Å². The van der Waals surface area contributed by atoms with Gasteiger partial charge >= 0.3 is 5.97 Å². The number of carbonyl (C=O) groups excluding carboxylic acids is 2. The van der Waals surface area contributed by atoms with Crippen LogP contribution in [0.5, 0.6) is 0 Å². The SMILES string of the molecule is COC(=O)C(C)CN(C)C(=O)C1C2CCC(C2)C1N. The minimum absolute atomic E-state index is 0.00197. The van der Waals surface area contributed by atoms with Crippen molar-refractivity contribution >= 4 is 11.9 Å². The highest BCUT2D eigenvalue weighted by molar-refractivity contribution is 5.81. The van der Waals surface area contributed by atoms with Gasteiger partial charge in [-0.1, -0.05) is 6.92 Å². The fourth-order valence-corrected chi connectivity index (χ4v) is 3.73. The maximum Gasteiger partial charge on any atom is 0.310 e. The monoisotopic (exact) mass is 268 g/mol. The van der Waals surface area contributed by atoms with Crippen LogP contribution in [-0.2, 0) is 14.3 Å². The molecule has 5 nitrogen and oxygen atoms in total. The molecule has 0 heterocycles. The minimum Gasteiger partial charge on any atom is -0.469 e. The molecule has 0 aromatic carbocycles. The summed E-state index contributed by atoms with van der Waals surface area (Å²) in [6.45, 7) is 2.17. The van der Waals surface area contributed by atoms with Crippen LogP contribution in [-0.4, -0.2) is 43.5 Å². The number of fused-ring (bicyclic) bond motifs is 2. The molecule has 0 aromatic rings. The van der Waals surface area contributed by atoms with Crippen molar-refractivity contribution in [1.82, 2.24) is 4.90 Å². The van der Waals surface area contributed by atoms with E-state index in [4.69, 9.17) is 5.73 Å². The number of hydrogen-bond donors (Lipinski definition) is 1. The lowest BCUT2D eigenvalue weighted by molar-refractivity contribution is -0.147. The molecule has 0 aromatic heterocycles. The van der Waals surface area contributed by atoms with Crippen LogP contribution < -0.4 is 5.73 Å². The molecule has 2 rings (SSSR count). The smallest absolute Gasteiger partial charge is 0.310 e. The Bertz CT molecular complexity index is 370. The van der Waals surface area contributed by atoms with E-state index in [1.807, 2.05) is 0 Å². The first-order chi connectivity index (χ1) is 8.95. The van der Waals surface area contributed by atoms with Crippen LogP contribution >= 0.6 is 0 Å². The van der Waals surface area contributed by atoms with Crippen LogP contribution in [0.4, 0.5) is 0 Å². The first-order valence-corrected chi connectivity index (χ1v) is 7.04. The van der Waals surface area contributed by atoms with Gasteiger partial charge in [-0.05, 0) is 31.1 Å². The number of amides is 1. The van der Waals surface area contributed by atoms with Gasteiger partial charge in [-0.15, -0.1) is 0 Å². The summed E-state index contributed by atoms with van der Waals surface area (Å²) in [6.07, 6.45) is 3.38. The Morgan fingerprint density at radius 2 is 2.00 bits per heavy atom. The third kappa shape index (κ3) is 2.61. The van der Waals surface area contributed by atoms with Crippen molar-refractivity contribution in [3.05, 3.63) is 0 Å². The van der Waals surface area contributed by atoms with Crippen molar-refractivity contribution in [3.63, 3.8) is 0 Å². The van der Waals surface area contributed by atoms with Crippen molar-refractivity contribution in [3.8, 4) is 0 Å². The number of ether oxygens (including phenoxy) is 1. The quantitative estimate of drug-likeness (QED) is 0.759.